The number of phenolic OH excluding ortho intramolecular Hbond substituents is 1. The quantitative estimate of drug-likeness (QED) is 0.797. The van der Waals surface area contributed by atoms with Crippen LogP contribution in [0, 0.1) is 5.92 Å². The lowest BCUT2D eigenvalue weighted by molar-refractivity contribution is 0.0872. The predicted octanol–water partition coefficient (Wildman–Crippen LogP) is 2.33. The van der Waals surface area contributed by atoms with Crippen LogP contribution in [0.25, 0.3) is 0 Å². The summed E-state index contributed by atoms with van der Waals surface area (Å²) >= 11 is 5.96. The van der Waals surface area contributed by atoms with E-state index in [0.717, 1.165) is 25.7 Å². The molecule has 0 saturated heterocycles. The second-order valence-corrected chi connectivity index (χ2v) is 5.38. The highest BCUT2D eigenvalue weighted by molar-refractivity contribution is 6.33. The van der Waals surface area contributed by atoms with Gasteiger partial charge in [0.25, 0.3) is 5.91 Å². The van der Waals surface area contributed by atoms with Crippen molar-refractivity contribution in [3.05, 3.63) is 28.8 Å². The van der Waals surface area contributed by atoms with E-state index in [2.05, 4.69) is 5.32 Å². The van der Waals surface area contributed by atoms with E-state index >= 15 is 0 Å². The molecule has 1 aliphatic rings. The van der Waals surface area contributed by atoms with Crippen LogP contribution in [0.2, 0.25) is 5.02 Å². The zero-order valence-corrected chi connectivity index (χ0v) is 11.4. The number of aromatic hydroxyl groups is 1. The molecule has 0 aromatic heterocycles. The van der Waals surface area contributed by atoms with E-state index in [0.29, 0.717) is 5.02 Å². The summed E-state index contributed by atoms with van der Waals surface area (Å²) in [6, 6.07) is 4.27. The number of hydrogen-bond donors (Lipinski definition) is 3. The Morgan fingerprint density at radius 1 is 1.37 bits per heavy atom. The second-order valence-electron chi connectivity index (χ2n) is 4.97. The molecule has 1 fully saturated rings. The summed E-state index contributed by atoms with van der Waals surface area (Å²) in [6.07, 6.45) is 3.93. The maximum atomic E-state index is 12.2. The number of benzene rings is 1. The van der Waals surface area contributed by atoms with Crippen LogP contribution in [0.1, 0.15) is 36.0 Å². The van der Waals surface area contributed by atoms with Gasteiger partial charge in [-0.2, -0.15) is 0 Å². The lowest BCUT2D eigenvalue weighted by Crippen LogP contribution is -2.43. The molecule has 1 saturated carbocycles. The Hall–Kier alpha value is -1.26. The molecule has 0 heterocycles. The Balaban J connectivity index is 2.09. The van der Waals surface area contributed by atoms with E-state index in [1.165, 1.54) is 18.2 Å². The van der Waals surface area contributed by atoms with Gasteiger partial charge in [-0.1, -0.05) is 24.4 Å². The number of carbonyl (C=O) groups is 1. The van der Waals surface area contributed by atoms with Crippen LogP contribution in [0.5, 0.6) is 5.75 Å². The minimum atomic E-state index is -0.300. The third kappa shape index (κ3) is 3.39. The lowest BCUT2D eigenvalue weighted by Gasteiger charge is -2.30. The van der Waals surface area contributed by atoms with E-state index in [1.54, 1.807) is 0 Å². The van der Waals surface area contributed by atoms with Gasteiger partial charge >= 0.3 is 0 Å². The van der Waals surface area contributed by atoms with Crippen molar-refractivity contribution in [2.45, 2.75) is 31.7 Å². The van der Waals surface area contributed by atoms with Crippen molar-refractivity contribution >= 4 is 17.5 Å². The predicted molar refractivity (Wildman–Crippen MR) is 73.4 cm³/mol. The first-order valence-electron chi connectivity index (χ1n) is 6.52. The van der Waals surface area contributed by atoms with E-state index in [4.69, 9.17) is 11.6 Å². The van der Waals surface area contributed by atoms with Crippen LogP contribution < -0.4 is 5.32 Å². The average Bonchev–Trinajstić information content (AvgIpc) is 2.42. The molecule has 1 amide bonds. The molecule has 5 heteroatoms. The number of halogens is 1. The van der Waals surface area contributed by atoms with Gasteiger partial charge in [0.2, 0.25) is 0 Å². The van der Waals surface area contributed by atoms with E-state index in [1.807, 2.05) is 0 Å². The van der Waals surface area contributed by atoms with Crippen molar-refractivity contribution in [2.75, 3.05) is 6.61 Å². The van der Waals surface area contributed by atoms with Crippen molar-refractivity contribution in [3.8, 4) is 5.75 Å². The molecule has 0 bridgehead atoms. The van der Waals surface area contributed by atoms with Crippen LogP contribution in [0.3, 0.4) is 0 Å². The molecule has 0 spiro atoms. The maximum absolute atomic E-state index is 12.2. The first-order valence-corrected chi connectivity index (χ1v) is 6.90. The zero-order valence-electron chi connectivity index (χ0n) is 10.6. The van der Waals surface area contributed by atoms with Gasteiger partial charge in [-0.25, -0.2) is 0 Å². The Morgan fingerprint density at radius 2 is 2.11 bits per heavy atom. The van der Waals surface area contributed by atoms with Gasteiger partial charge < -0.3 is 15.5 Å². The van der Waals surface area contributed by atoms with Gasteiger partial charge in [-0.3, -0.25) is 4.79 Å². The summed E-state index contributed by atoms with van der Waals surface area (Å²) in [7, 11) is 0. The normalized spacial score (nSPS) is 23.1. The largest absolute Gasteiger partial charge is 0.508 e. The number of rotatable bonds is 3. The van der Waals surface area contributed by atoms with Gasteiger partial charge in [-0.05, 0) is 31.0 Å². The van der Waals surface area contributed by atoms with Gasteiger partial charge in [0.15, 0.2) is 0 Å². The standard InChI is InChI=1S/C14H18ClNO3/c15-12-6-5-10(18)7-11(12)14(19)16-13-4-2-1-3-9(13)8-17/h5-7,9,13,17-18H,1-4,8H2,(H,16,19). The van der Waals surface area contributed by atoms with Crippen LogP contribution in [0.4, 0.5) is 0 Å². The Morgan fingerprint density at radius 3 is 2.84 bits per heavy atom. The molecule has 104 valence electrons. The molecule has 19 heavy (non-hydrogen) atoms. The molecule has 1 aliphatic carbocycles. The fourth-order valence-electron chi connectivity index (χ4n) is 2.55. The van der Waals surface area contributed by atoms with Crippen LogP contribution in [-0.4, -0.2) is 28.8 Å². The first kappa shape index (κ1) is 14.2. The summed E-state index contributed by atoms with van der Waals surface area (Å²) in [5.74, 6) is -0.183. The molecule has 1 aromatic carbocycles. The summed E-state index contributed by atoms with van der Waals surface area (Å²) < 4.78 is 0. The van der Waals surface area contributed by atoms with Crippen molar-refractivity contribution in [2.24, 2.45) is 5.92 Å². The SMILES string of the molecule is O=C(NC1CCCCC1CO)c1cc(O)ccc1Cl. The van der Waals surface area contributed by atoms with Crippen LogP contribution >= 0.6 is 11.6 Å². The van der Waals surface area contributed by atoms with Crippen molar-refractivity contribution < 1.29 is 15.0 Å². The molecule has 2 unspecified atom stereocenters. The molecule has 2 rings (SSSR count). The Kier molecular flexibility index (Phi) is 4.66. The highest BCUT2D eigenvalue weighted by Crippen LogP contribution is 2.26. The highest BCUT2D eigenvalue weighted by atomic mass is 35.5. The Bertz CT molecular complexity index is 464. The fourth-order valence-corrected chi connectivity index (χ4v) is 2.75. The molecule has 4 nitrogen and oxygen atoms in total. The van der Waals surface area contributed by atoms with Crippen LogP contribution in [0.15, 0.2) is 18.2 Å². The first-order chi connectivity index (χ1) is 9.11. The van der Waals surface area contributed by atoms with E-state index in [9.17, 15) is 15.0 Å². The molecule has 1 aromatic rings. The van der Waals surface area contributed by atoms with Gasteiger partial charge in [-0.15, -0.1) is 0 Å². The molecule has 3 N–H and O–H groups in total. The third-order valence-electron chi connectivity index (χ3n) is 3.65. The number of aliphatic hydroxyl groups is 1. The average molecular weight is 284 g/mol. The van der Waals surface area contributed by atoms with Gasteiger partial charge in [0, 0.05) is 18.6 Å². The van der Waals surface area contributed by atoms with Gasteiger partial charge in [0.1, 0.15) is 5.75 Å². The molecule has 0 radical (unpaired) electrons. The molecule has 2 atom stereocenters. The number of amides is 1. The summed E-state index contributed by atoms with van der Waals surface area (Å²) in [5, 5.41) is 22.0. The topological polar surface area (TPSA) is 69.6 Å². The number of nitrogens with one attached hydrogen (secondary N) is 1. The molecular formula is C14H18ClNO3. The number of aliphatic hydroxyl groups excluding tert-OH is 1. The zero-order chi connectivity index (χ0) is 13.8. The van der Waals surface area contributed by atoms with E-state index < -0.39 is 0 Å². The van der Waals surface area contributed by atoms with Crippen LogP contribution in [-0.2, 0) is 0 Å². The van der Waals surface area contributed by atoms with Crippen molar-refractivity contribution in [1.29, 1.82) is 0 Å². The van der Waals surface area contributed by atoms with E-state index in [-0.39, 0.29) is 35.8 Å². The number of hydrogen-bond acceptors (Lipinski definition) is 3. The summed E-state index contributed by atoms with van der Waals surface area (Å²) in [6.45, 7) is 0.0821. The smallest absolute Gasteiger partial charge is 0.253 e. The minimum Gasteiger partial charge on any atom is -0.508 e. The Labute approximate surface area is 117 Å². The maximum Gasteiger partial charge on any atom is 0.253 e. The number of carbonyl (C=O) groups excluding carboxylic acids is 1. The second kappa shape index (κ2) is 6.26. The highest BCUT2D eigenvalue weighted by Gasteiger charge is 2.26. The third-order valence-corrected chi connectivity index (χ3v) is 3.98. The lowest BCUT2D eigenvalue weighted by atomic mass is 9.85. The summed E-state index contributed by atoms with van der Waals surface area (Å²) in [5.41, 5.74) is 0.268. The van der Waals surface area contributed by atoms with Gasteiger partial charge in [0.05, 0.1) is 10.6 Å². The molecular weight excluding hydrogens is 266 g/mol. The fraction of sp³-hybridized carbons (Fsp3) is 0.500. The summed E-state index contributed by atoms with van der Waals surface area (Å²) in [4.78, 5) is 12.2. The monoisotopic (exact) mass is 283 g/mol. The van der Waals surface area contributed by atoms with Crippen molar-refractivity contribution in [3.63, 3.8) is 0 Å². The molecule has 0 aliphatic heterocycles. The minimum absolute atomic E-state index is 0.0110. The number of phenols is 1. The van der Waals surface area contributed by atoms with Crippen molar-refractivity contribution in [1.82, 2.24) is 5.32 Å².